The predicted molar refractivity (Wildman–Crippen MR) is 73.8 cm³/mol. The van der Waals surface area contributed by atoms with Crippen LogP contribution >= 0.6 is 0 Å². The molecule has 0 saturated carbocycles. The Kier molecular flexibility index (Phi) is 30.8. The van der Waals surface area contributed by atoms with Gasteiger partial charge in [-0.25, -0.2) is 5.57 Å². The van der Waals surface area contributed by atoms with Gasteiger partial charge in [-0.15, -0.1) is 6.92 Å². The van der Waals surface area contributed by atoms with E-state index in [1.54, 1.807) is 0 Å². The topological polar surface area (TPSA) is 40.9 Å². The van der Waals surface area contributed by atoms with Crippen molar-refractivity contribution in [3.8, 4) is 0 Å². The standard InChI is InChI=1S/C9H13.C2H5NO.C2H7Si.2ClH.Ti/c1-6-5-7(2)9(4)8(6)3;1-2(3)4;1-3-2;;;/h6H,1-4H3;1H3,(H2,3,4);3H,1-2H3;2*1H;/q-1;;;;;+4/p-3. The Labute approximate surface area is 148 Å². The third-order valence-corrected chi connectivity index (χ3v) is 2.24. The molecule has 0 aromatic carbocycles. The minimum atomic E-state index is -0.583. The fourth-order valence-electron chi connectivity index (χ4n) is 1.16. The van der Waals surface area contributed by atoms with E-state index in [2.05, 4.69) is 46.9 Å². The van der Waals surface area contributed by atoms with Gasteiger partial charge in [0.05, 0.1) is 0 Å². The molecule has 0 bridgehead atoms. The summed E-state index contributed by atoms with van der Waals surface area (Å²) < 4.78 is 0. The quantitative estimate of drug-likeness (QED) is 0.360. The largest absolute Gasteiger partial charge is 4.00 e. The van der Waals surface area contributed by atoms with E-state index in [4.69, 9.17) is 10.5 Å². The molecule has 1 aliphatic carbocycles. The molecule has 109 valence electrons. The van der Waals surface area contributed by atoms with E-state index in [1.165, 1.54) is 23.6 Å². The van der Waals surface area contributed by atoms with Gasteiger partial charge in [0.2, 0.25) is 0 Å². The van der Waals surface area contributed by atoms with Crippen LogP contribution in [0.4, 0.5) is 0 Å². The van der Waals surface area contributed by atoms with E-state index in [0.29, 0.717) is 5.92 Å². The molecule has 1 amide bonds. The minimum Gasteiger partial charge on any atom is -1.00 e. The number of nitrogens with one attached hydrogen (secondary N) is 1. The van der Waals surface area contributed by atoms with Gasteiger partial charge in [-0.05, 0) is 6.92 Å². The molecule has 0 saturated heterocycles. The zero-order valence-corrected chi connectivity index (χ0v) is 17.0. The van der Waals surface area contributed by atoms with Crippen molar-refractivity contribution in [3.05, 3.63) is 28.5 Å². The number of carbonyl (C=O) groups is 1. The summed E-state index contributed by atoms with van der Waals surface area (Å²) in [6.07, 6.45) is 3.36. The van der Waals surface area contributed by atoms with Crippen LogP contribution in [0.1, 0.15) is 34.6 Å². The van der Waals surface area contributed by atoms with Crippen LogP contribution < -0.4 is 24.8 Å². The second kappa shape index (κ2) is 18.5. The molecule has 0 aliphatic heterocycles. The molecule has 0 aromatic rings. The molecule has 6 heteroatoms. The molecule has 0 spiro atoms. The summed E-state index contributed by atoms with van der Waals surface area (Å²) in [5.74, 6) is -0.0231. The van der Waals surface area contributed by atoms with Crippen LogP contribution in [-0.4, -0.2) is 15.4 Å². The van der Waals surface area contributed by atoms with Crippen LogP contribution in [0.2, 0.25) is 13.1 Å². The number of halogens is 2. The van der Waals surface area contributed by atoms with E-state index in [0.717, 1.165) is 9.52 Å². The van der Waals surface area contributed by atoms with Gasteiger partial charge in [-0.3, -0.25) is 6.08 Å². The summed E-state index contributed by atoms with van der Waals surface area (Å²) in [7, 11) is 0.750. The van der Waals surface area contributed by atoms with Crippen molar-refractivity contribution in [2.45, 2.75) is 47.7 Å². The summed E-state index contributed by atoms with van der Waals surface area (Å²) in [6.45, 7) is 14.3. The van der Waals surface area contributed by atoms with E-state index >= 15 is 0 Å². The average Bonchev–Trinajstić information content (AvgIpc) is 2.34. The number of hydrogen-bond donors (Lipinski definition) is 0. The van der Waals surface area contributed by atoms with Crippen molar-refractivity contribution >= 4 is 15.4 Å². The number of allylic oxidation sites excluding steroid dienone is 4. The van der Waals surface area contributed by atoms with Crippen molar-refractivity contribution in [3.63, 3.8) is 0 Å². The molecular formula is C13H24Cl2NOSiTi. The number of amides is 1. The molecule has 1 N–H and O–H groups in total. The van der Waals surface area contributed by atoms with Gasteiger partial charge in [-0.1, -0.05) is 39.8 Å². The molecule has 0 heterocycles. The molecule has 1 unspecified atom stereocenters. The third kappa shape index (κ3) is 18.5. The van der Waals surface area contributed by atoms with Gasteiger partial charge in [0.1, 0.15) is 0 Å². The monoisotopic (exact) mass is 356 g/mol. The van der Waals surface area contributed by atoms with E-state index in [9.17, 15) is 0 Å². The van der Waals surface area contributed by atoms with Gasteiger partial charge in [-0.2, -0.15) is 11.1 Å². The van der Waals surface area contributed by atoms with E-state index < -0.39 is 5.91 Å². The van der Waals surface area contributed by atoms with Crippen molar-refractivity contribution < 1.29 is 51.3 Å². The molecule has 2 nitrogen and oxygen atoms in total. The van der Waals surface area contributed by atoms with Crippen molar-refractivity contribution in [2.75, 3.05) is 0 Å². The maximum Gasteiger partial charge on any atom is 4.00 e. The van der Waals surface area contributed by atoms with Gasteiger partial charge in [0.25, 0.3) is 0 Å². The zero-order valence-electron chi connectivity index (χ0n) is 12.8. The first-order chi connectivity index (χ1) is 7.27. The predicted octanol–water partition coefficient (Wildman–Crippen LogP) is -2.17. The minimum absolute atomic E-state index is 0. The number of hydrogen-bond acceptors (Lipinski definition) is 1. The van der Waals surface area contributed by atoms with Gasteiger partial charge in [0.15, 0.2) is 0 Å². The van der Waals surface area contributed by atoms with Crippen molar-refractivity contribution in [1.29, 1.82) is 0 Å². The fraction of sp³-hybridized carbons (Fsp3) is 0.615. The summed E-state index contributed by atoms with van der Waals surface area (Å²) >= 11 is 0. The van der Waals surface area contributed by atoms with Crippen LogP contribution in [0.15, 0.2) is 16.7 Å². The second-order valence-electron chi connectivity index (χ2n) is 3.93. The Morgan fingerprint density at radius 3 is 1.53 bits per heavy atom. The maximum absolute atomic E-state index is 9.11. The van der Waals surface area contributed by atoms with E-state index in [1.807, 2.05) is 0 Å². The normalized spacial score (nSPS) is 15.1. The van der Waals surface area contributed by atoms with E-state index in [-0.39, 0.29) is 46.5 Å². The van der Waals surface area contributed by atoms with Crippen molar-refractivity contribution in [2.24, 2.45) is 5.92 Å². The maximum atomic E-state index is 9.11. The molecule has 19 heavy (non-hydrogen) atoms. The van der Waals surface area contributed by atoms with Gasteiger partial charge >= 0.3 is 21.7 Å². The molecule has 0 aromatic heterocycles. The van der Waals surface area contributed by atoms with Crippen LogP contribution in [0.25, 0.3) is 5.73 Å². The number of carbonyl (C=O) groups excluding carboxylic acids is 1. The summed E-state index contributed by atoms with van der Waals surface area (Å²) in [5, 5.41) is 0. The SMILES string of the molecule is CC([NH-])=O.CC1=[C-]C(C)C(C)=C1C.C[SiH]C.[Cl-].[Cl-].[Ti+4]. The Balaban J connectivity index is -0.0000000572. The smallest absolute Gasteiger partial charge is 1.00 e. The summed E-state index contributed by atoms with van der Waals surface area (Å²) in [5.41, 5.74) is 10.2. The zero-order chi connectivity index (χ0) is 13.3. The number of rotatable bonds is 0. The molecule has 1 atom stereocenters. The van der Waals surface area contributed by atoms with Crippen LogP contribution in [0.3, 0.4) is 0 Å². The van der Waals surface area contributed by atoms with Gasteiger partial charge in [0, 0.05) is 15.4 Å². The molecule has 1 radical (unpaired) electrons. The van der Waals surface area contributed by atoms with Crippen LogP contribution in [-0.2, 0) is 26.5 Å². The Morgan fingerprint density at radius 2 is 1.47 bits per heavy atom. The summed E-state index contributed by atoms with van der Waals surface area (Å²) in [6, 6.07) is 0. The first kappa shape index (κ1) is 31.7. The Morgan fingerprint density at radius 1 is 1.21 bits per heavy atom. The first-order valence-electron chi connectivity index (χ1n) is 5.51. The molecule has 1 aliphatic rings. The Bertz CT molecular complexity index is 290. The van der Waals surface area contributed by atoms with Gasteiger partial charge < -0.3 is 35.3 Å². The third-order valence-electron chi connectivity index (χ3n) is 2.24. The first-order valence-corrected chi connectivity index (χ1v) is 7.82. The second-order valence-corrected chi connectivity index (χ2v) is 5.09. The molecule has 1 rings (SSSR count). The summed E-state index contributed by atoms with van der Waals surface area (Å²) in [4.78, 5) is 9.11. The average molecular weight is 357 g/mol. The Hall–Kier alpha value is 0.461. The van der Waals surface area contributed by atoms with Crippen molar-refractivity contribution in [1.82, 2.24) is 0 Å². The fourth-order valence-corrected chi connectivity index (χ4v) is 1.16. The van der Waals surface area contributed by atoms with Crippen LogP contribution in [0, 0.1) is 12.0 Å². The molecule has 0 fully saturated rings. The molecular weight excluding hydrogens is 333 g/mol. The van der Waals surface area contributed by atoms with Crippen LogP contribution in [0.5, 0.6) is 0 Å².